The third-order valence-electron chi connectivity index (χ3n) is 5.41. The van der Waals surface area contributed by atoms with E-state index >= 15 is 0 Å². The monoisotopic (exact) mass is 440 g/mol. The summed E-state index contributed by atoms with van der Waals surface area (Å²) in [5.41, 5.74) is 1.11. The van der Waals surface area contributed by atoms with Gasteiger partial charge in [0.2, 0.25) is 0 Å². The highest BCUT2D eigenvalue weighted by Crippen LogP contribution is 2.29. The van der Waals surface area contributed by atoms with E-state index in [4.69, 9.17) is 25.5 Å². The maximum Gasteiger partial charge on any atom is 0.260 e. The molecular formula is C24H25ClN2O4. The highest BCUT2D eigenvalue weighted by molar-refractivity contribution is 6.30. The number of hydrogen-bond acceptors (Lipinski definition) is 5. The molecule has 0 aliphatic carbocycles. The second-order valence-corrected chi connectivity index (χ2v) is 8.02. The molecule has 1 aromatic heterocycles. The van der Waals surface area contributed by atoms with E-state index in [0.29, 0.717) is 41.9 Å². The molecule has 1 amide bonds. The Morgan fingerprint density at radius 1 is 1.19 bits per heavy atom. The third kappa shape index (κ3) is 5.39. The van der Waals surface area contributed by atoms with E-state index in [1.807, 2.05) is 41.3 Å². The molecule has 0 unspecified atom stereocenters. The van der Waals surface area contributed by atoms with Crippen LogP contribution in [0.4, 0.5) is 0 Å². The Balaban J connectivity index is 1.34. The molecule has 1 saturated heterocycles. The first-order valence-electron chi connectivity index (χ1n) is 10.3. The Kier molecular flexibility index (Phi) is 6.77. The van der Waals surface area contributed by atoms with Crippen molar-refractivity contribution in [2.75, 3.05) is 26.8 Å². The highest BCUT2D eigenvalue weighted by Gasteiger charge is 2.28. The lowest BCUT2D eigenvalue weighted by atomic mass is 9.98. The van der Waals surface area contributed by atoms with Crippen molar-refractivity contribution in [3.63, 3.8) is 0 Å². The van der Waals surface area contributed by atoms with Crippen LogP contribution in [0.25, 0.3) is 0 Å². The van der Waals surface area contributed by atoms with Crippen LogP contribution in [0.5, 0.6) is 11.5 Å². The minimum Gasteiger partial charge on any atom is -0.493 e. The molecule has 1 atom stereocenters. The Bertz CT molecular complexity index is 1020. The molecule has 31 heavy (non-hydrogen) atoms. The fraction of sp³-hybridized carbons (Fsp3) is 0.333. The van der Waals surface area contributed by atoms with Crippen LogP contribution in [0.2, 0.25) is 5.02 Å². The first-order valence-corrected chi connectivity index (χ1v) is 10.7. The number of nitrogens with zero attached hydrogens (tertiary/aromatic N) is 2. The van der Waals surface area contributed by atoms with Crippen LogP contribution < -0.4 is 9.47 Å². The first-order chi connectivity index (χ1) is 15.1. The Hall–Kier alpha value is -2.99. The number of carbonyl (C=O) groups is 1. The van der Waals surface area contributed by atoms with Crippen molar-refractivity contribution in [2.45, 2.75) is 25.2 Å². The lowest BCUT2D eigenvalue weighted by Gasteiger charge is -2.31. The summed E-state index contributed by atoms with van der Waals surface area (Å²) in [5, 5.41) is 0.712. The number of carbonyl (C=O) groups excluding carboxylic acids is 1. The number of benzene rings is 2. The Morgan fingerprint density at radius 3 is 2.74 bits per heavy atom. The average Bonchev–Trinajstić information content (AvgIpc) is 3.28. The molecule has 2 heterocycles. The number of amides is 1. The molecule has 7 heteroatoms. The summed E-state index contributed by atoms with van der Waals surface area (Å²) in [7, 11) is 1.58. The molecule has 0 radical (unpaired) electrons. The lowest BCUT2D eigenvalue weighted by Crippen LogP contribution is -2.41. The largest absolute Gasteiger partial charge is 0.493 e. The van der Waals surface area contributed by atoms with Gasteiger partial charge in [-0.1, -0.05) is 35.9 Å². The SMILES string of the molecule is COc1ccccc1OCC(=O)N1CCC[C@@H](c2ncc(Cc3ccc(Cl)cc3)o2)C1. The maximum absolute atomic E-state index is 12.7. The molecular weight excluding hydrogens is 416 g/mol. The molecule has 1 fully saturated rings. The van der Waals surface area contributed by atoms with Gasteiger partial charge in [-0.25, -0.2) is 4.98 Å². The number of oxazole rings is 1. The van der Waals surface area contributed by atoms with Gasteiger partial charge in [-0.05, 0) is 42.7 Å². The third-order valence-corrected chi connectivity index (χ3v) is 5.66. The Labute approximate surface area is 186 Å². The first kappa shape index (κ1) is 21.2. The van der Waals surface area contributed by atoms with Gasteiger partial charge in [-0.3, -0.25) is 4.79 Å². The lowest BCUT2D eigenvalue weighted by molar-refractivity contribution is -0.134. The molecule has 2 aromatic carbocycles. The van der Waals surface area contributed by atoms with Crippen molar-refractivity contribution >= 4 is 17.5 Å². The van der Waals surface area contributed by atoms with Gasteiger partial charge in [0, 0.05) is 24.5 Å². The van der Waals surface area contributed by atoms with Gasteiger partial charge in [0.25, 0.3) is 5.91 Å². The molecule has 162 valence electrons. The zero-order valence-electron chi connectivity index (χ0n) is 17.4. The van der Waals surface area contributed by atoms with Crippen molar-refractivity contribution in [3.8, 4) is 11.5 Å². The number of likely N-dealkylation sites (tertiary alicyclic amines) is 1. The zero-order valence-corrected chi connectivity index (χ0v) is 18.2. The van der Waals surface area contributed by atoms with Gasteiger partial charge in [-0.2, -0.15) is 0 Å². The summed E-state index contributed by atoms with van der Waals surface area (Å²) in [4.78, 5) is 19.0. The van der Waals surface area contributed by atoms with Crippen LogP contribution in [-0.2, 0) is 11.2 Å². The molecule has 0 spiro atoms. The molecule has 1 aliphatic heterocycles. The summed E-state index contributed by atoms with van der Waals surface area (Å²) in [5.74, 6) is 2.70. The smallest absolute Gasteiger partial charge is 0.260 e. The number of rotatable bonds is 7. The molecule has 4 rings (SSSR count). The highest BCUT2D eigenvalue weighted by atomic mass is 35.5. The average molecular weight is 441 g/mol. The zero-order chi connectivity index (χ0) is 21.6. The maximum atomic E-state index is 12.7. The number of para-hydroxylation sites is 2. The number of piperidine rings is 1. The van der Waals surface area contributed by atoms with E-state index in [1.165, 1.54) is 0 Å². The van der Waals surface area contributed by atoms with Crippen molar-refractivity contribution < 1.29 is 18.7 Å². The second-order valence-electron chi connectivity index (χ2n) is 7.59. The molecule has 0 N–H and O–H groups in total. The standard InChI is InChI=1S/C24H25ClN2O4/c1-29-21-6-2-3-7-22(21)30-16-23(28)27-12-4-5-18(15-27)24-26-14-20(31-24)13-17-8-10-19(25)11-9-17/h2-3,6-11,14,18H,4-5,12-13,15-16H2,1H3/t18-/m1/s1. The van der Waals surface area contributed by atoms with Crippen LogP contribution >= 0.6 is 11.6 Å². The summed E-state index contributed by atoms with van der Waals surface area (Å²) < 4.78 is 17.0. The van der Waals surface area contributed by atoms with Crippen LogP contribution in [0.1, 0.15) is 36.0 Å². The molecule has 3 aromatic rings. The molecule has 0 saturated carbocycles. The number of methoxy groups -OCH3 is 1. The summed E-state index contributed by atoms with van der Waals surface area (Å²) in [6, 6.07) is 15.0. The summed E-state index contributed by atoms with van der Waals surface area (Å²) in [6.45, 7) is 1.26. The van der Waals surface area contributed by atoms with Gasteiger partial charge in [0.1, 0.15) is 5.76 Å². The summed E-state index contributed by atoms with van der Waals surface area (Å²) >= 11 is 5.95. The minimum absolute atomic E-state index is 0.0273. The van der Waals surface area contributed by atoms with E-state index in [9.17, 15) is 4.79 Å². The van der Waals surface area contributed by atoms with Gasteiger partial charge < -0.3 is 18.8 Å². The Morgan fingerprint density at radius 2 is 1.97 bits per heavy atom. The number of ether oxygens (including phenoxy) is 2. The summed E-state index contributed by atoms with van der Waals surface area (Å²) in [6.07, 6.45) is 4.28. The van der Waals surface area contributed by atoms with Crippen LogP contribution in [-0.4, -0.2) is 42.6 Å². The second kappa shape index (κ2) is 9.88. The van der Waals surface area contributed by atoms with Crippen molar-refractivity contribution in [1.29, 1.82) is 0 Å². The number of halogens is 1. The van der Waals surface area contributed by atoms with Crippen molar-refractivity contribution in [3.05, 3.63) is 77.0 Å². The van der Waals surface area contributed by atoms with Gasteiger partial charge in [-0.15, -0.1) is 0 Å². The predicted octanol–water partition coefficient (Wildman–Crippen LogP) is 4.71. The van der Waals surface area contributed by atoms with Gasteiger partial charge in [0.15, 0.2) is 24.0 Å². The fourth-order valence-corrected chi connectivity index (χ4v) is 3.90. The van der Waals surface area contributed by atoms with Crippen molar-refractivity contribution in [2.24, 2.45) is 0 Å². The van der Waals surface area contributed by atoms with Gasteiger partial charge in [0.05, 0.1) is 19.2 Å². The van der Waals surface area contributed by atoms with E-state index < -0.39 is 0 Å². The van der Waals surface area contributed by atoms with E-state index in [1.54, 1.807) is 25.4 Å². The van der Waals surface area contributed by atoms with E-state index in [-0.39, 0.29) is 18.4 Å². The number of hydrogen-bond donors (Lipinski definition) is 0. The number of aromatic nitrogens is 1. The van der Waals surface area contributed by atoms with Crippen molar-refractivity contribution in [1.82, 2.24) is 9.88 Å². The van der Waals surface area contributed by atoms with E-state index in [0.717, 1.165) is 24.2 Å². The van der Waals surface area contributed by atoms with Gasteiger partial charge >= 0.3 is 0 Å². The van der Waals surface area contributed by atoms with E-state index in [2.05, 4.69) is 4.98 Å². The molecule has 1 aliphatic rings. The van der Waals surface area contributed by atoms with Crippen LogP contribution in [0.3, 0.4) is 0 Å². The predicted molar refractivity (Wildman–Crippen MR) is 118 cm³/mol. The van der Waals surface area contributed by atoms with Crippen LogP contribution in [0.15, 0.2) is 59.1 Å². The molecule has 6 nitrogen and oxygen atoms in total. The normalized spacial score (nSPS) is 16.2. The fourth-order valence-electron chi connectivity index (χ4n) is 3.77. The molecule has 0 bridgehead atoms. The topological polar surface area (TPSA) is 64.8 Å². The van der Waals surface area contributed by atoms with Crippen LogP contribution in [0, 0.1) is 0 Å². The quantitative estimate of drug-likeness (QED) is 0.532. The minimum atomic E-state index is -0.0523.